The van der Waals surface area contributed by atoms with E-state index in [4.69, 9.17) is 21.3 Å². The lowest BCUT2D eigenvalue weighted by molar-refractivity contribution is -0.434. The third-order valence-electron chi connectivity index (χ3n) is 6.02. The Morgan fingerprint density at radius 1 is 0.635 bits per heavy atom. The van der Waals surface area contributed by atoms with Gasteiger partial charge in [0, 0.05) is 0 Å². The number of nitrogen functional groups attached to an aromatic ring is 2. The van der Waals surface area contributed by atoms with Crippen molar-refractivity contribution < 1.29 is 78.7 Å². The second kappa shape index (κ2) is 16.9. The van der Waals surface area contributed by atoms with Crippen LogP contribution in [0, 0.1) is 0 Å². The van der Waals surface area contributed by atoms with Gasteiger partial charge in [-0.25, -0.2) is 26.3 Å². The van der Waals surface area contributed by atoms with Gasteiger partial charge in [0.15, 0.2) is 32.0 Å². The van der Waals surface area contributed by atoms with E-state index in [2.05, 4.69) is 38.2 Å². The van der Waals surface area contributed by atoms with Crippen molar-refractivity contribution in [2.24, 2.45) is 20.5 Å². The SMILES string of the molecule is Nc1c(N=Nc2ccc(S(=O)(=O)CCOSOOO)cc2S(=O)(=O)O)cc(S(=O)(=O)O)c(N)c1N=Nc1ccc(S(=O)(=O)CCOS(=O)(=O)O)cc1. The predicted molar refractivity (Wildman–Crippen MR) is 176 cm³/mol. The molecule has 0 spiro atoms. The van der Waals surface area contributed by atoms with Gasteiger partial charge in [0.25, 0.3) is 20.2 Å². The van der Waals surface area contributed by atoms with Crippen LogP contribution in [0.1, 0.15) is 0 Å². The molecular formula is C22H24N6O18S6. The van der Waals surface area contributed by atoms with Gasteiger partial charge in [-0.3, -0.25) is 17.8 Å². The zero-order valence-corrected chi connectivity index (χ0v) is 30.2. The molecule has 52 heavy (non-hydrogen) atoms. The van der Waals surface area contributed by atoms with Gasteiger partial charge >= 0.3 is 10.4 Å². The topological polar surface area (TPSA) is 390 Å². The van der Waals surface area contributed by atoms with Crippen molar-refractivity contribution in [2.75, 3.05) is 36.2 Å². The molecule has 8 N–H and O–H groups in total. The molecule has 0 bridgehead atoms. The largest absolute Gasteiger partial charge is 0.397 e. The van der Waals surface area contributed by atoms with Gasteiger partial charge in [0.1, 0.15) is 26.9 Å². The van der Waals surface area contributed by atoms with E-state index in [1.165, 1.54) is 0 Å². The first kappa shape index (κ1) is 42.7. The fraction of sp³-hybridized carbons (Fsp3) is 0.182. The number of nitrogens with two attached hydrogens (primary N) is 2. The molecule has 0 saturated carbocycles. The lowest BCUT2D eigenvalue weighted by atomic mass is 10.2. The zero-order chi connectivity index (χ0) is 39.1. The van der Waals surface area contributed by atoms with Crippen molar-refractivity contribution in [3.05, 3.63) is 48.5 Å². The van der Waals surface area contributed by atoms with Crippen molar-refractivity contribution in [3.63, 3.8) is 0 Å². The van der Waals surface area contributed by atoms with E-state index < -0.39 is 118 Å². The Balaban J connectivity index is 2.00. The average Bonchev–Trinajstić information content (AvgIpc) is 3.02. The van der Waals surface area contributed by atoms with E-state index >= 15 is 0 Å². The summed E-state index contributed by atoms with van der Waals surface area (Å²) in [5.41, 5.74) is 8.67. The summed E-state index contributed by atoms with van der Waals surface area (Å²) in [6, 6.07) is 7.19. The van der Waals surface area contributed by atoms with E-state index in [0.29, 0.717) is 12.1 Å². The summed E-state index contributed by atoms with van der Waals surface area (Å²) < 4.78 is 161. The summed E-state index contributed by atoms with van der Waals surface area (Å²) in [4.78, 5) is -3.01. The van der Waals surface area contributed by atoms with Crippen LogP contribution in [-0.4, -0.2) is 85.7 Å². The summed E-state index contributed by atoms with van der Waals surface area (Å²) in [5.74, 6) is -1.57. The van der Waals surface area contributed by atoms with Gasteiger partial charge in [-0.15, -0.1) is 19.7 Å². The molecule has 0 unspecified atom stereocenters. The van der Waals surface area contributed by atoms with Crippen LogP contribution in [-0.2, 0) is 68.0 Å². The van der Waals surface area contributed by atoms with Gasteiger partial charge in [-0.2, -0.15) is 30.4 Å². The molecule has 0 atom stereocenters. The van der Waals surface area contributed by atoms with Crippen molar-refractivity contribution >= 4 is 96.8 Å². The second-order valence-corrected chi connectivity index (χ2v) is 18.1. The summed E-state index contributed by atoms with van der Waals surface area (Å²) in [6.07, 6.45) is 0. The van der Waals surface area contributed by atoms with Crippen molar-refractivity contribution in [3.8, 4) is 0 Å². The van der Waals surface area contributed by atoms with Crippen LogP contribution in [0.4, 0.5) is 34.1 Å². The number of sulfone groups is 2. The van der Waals surface area contributed by atoms with Crippen molar-refractivity contribution in [1.29, 1.82) is 0 Å². The number of azo groups is 2. The zero-order valence-electron chi connectivity index (χ0n) is 25.3. The number of nitrogens with zero attached hydrogens (tertiary/aromatic N) is 4. The molecule has 3 rings (SSSR count). The molecule has 24 nitrogen and oxygen atoms in total. The summed E-state index contributed by atoms with van der Waals surface area (Å²) in [7, 11) is -23.5. The highest BCUT2D eigenvalue weighted by Crippen LogP contribution is 2.43. The number of hydrogen-bond acceptors (Lipinski definition) is 22. The molecule has 0 radical (unpaired) electrons. The monoisotopic (exact) mass is 852 g/mol. The molecule has 30 heteroatoms. The fourth-order valence-electron chi connectivity index (χ4n) is 3.67. The molecule has 3 aromatic rings. The highest BCUT2D eigenvalue weighted by Gasteiger charge is 2.25. The van der Waals surface area contributed by atoms with Gasteiger partial charge in [0.2, 0.25) is 0 Å². The highest BCUT2D eigenvalue weighted by atomic mass is 32.3. The molecule has 0 aromatic heterocycles. The number of hydrogen-bond donors (Lipinski definition) is 6. The predicted octanol–water partition coefficient (Wildman–Crippen LogP) is 2.54. The lowest BCUT2D eigenvalue weighted by Crippen LogP contribution is -2.15. The minimum Gasteiger partial charge on any atom is -0.396 e. The Morgan fingerprint density at radius 3 is 1.77 bits per heavy atom. The molecule has 0 aliphatic heterocycles. The number of anilines is 2. The van der Waals surface area contributed by atoms with Crippen LogP contribution >= 0.6 is 12.3 Å². The summed E-state index contributed by atoms with van der Waals surface area (Å²) in [6.45, 7) is -1.42. The van der Waals surface area contributed by atoms with Crippen LogP contribution in [0.3, 0.4) is 0 Å². The van der Waals surface area contributed by atoms with Crippen molar-refractivity contribution in [2.45, 2.75) is 19.6 Å². The van der Waals surface area contributed by atoms with E-state index in [1.807, 2.05) is 0 Å². The Labute approximate surface area is 299 Å². The van der Waals surface area contributed by atoms with Crippen LogP contribution in [0.2, 0.25) is 0 Å². The normalized spacial score (nSPS) is 13.3. The molecule has 0 heterocycles. The van der Waals surface area contributed by atoms with Crippen molar-refractivity contribution in [1.82, 2.24) is 0 Å². The van der Waals surface area contributed by atoms with Gasteiger partial charge in [0.05, 0.1) is 51.6 Å². The van der Waals surface area contributed by atoms with Crippen LogP contribution in [0.5, 0.6) is 0 Å². The van der Waals surface area contributed by atoms with E-state index in [-0.39, 0.29) is 22.9 Å². The van der Waals surface area contributed by atoms with Crippen LogP contribution in [0.25, 0.3) is 0 Å². The summed E-state index contributed by atoms with van der Waals surface area (Å²) in [5, 5.41) is 26.2. The standard InChI is InChI=1S/C22H24N6O18S6/c23-20-17(27-26-16-6-5-15(11-18(16)50(34,35)36)49(32,33)9-7-43-47-46-45-29)12-19(51(37,38)39)21(24)22(20)28-25-13-1-3-14(4-2-13)48(30,31)10-8-44-52(40,41)42/h1-6,11-12,29H,7-10,23-24H2,(H,34,35,36)(H,37,38,39)(H,40,41,42). The molecule has 0 saturated heterocycles. The molecule has 0 aliphatic rings. The first-order chi connectivity index (χ1) is 24.0. The summed E-state index contributed by atoms with van der Waals surface area (Å²) >= 11 is 0.0868. The number of benzene rings is 3. The Bertz CT molecular complexity index is 2420. The lowest BCUT2D eigenvalue weighted by Gasteiger charge is -2.11. The molecule has 0 aliphatic carbocycles. The van der Waals surface area contributed by atoms with Gasteiger partial charge < -0.3 is 11.5 Å². The first-order valence-corrected chi connectivity index (χ1v) is 21.3. The third kappa shape index (κ3) is 11.9. The van der Waals surface area contributed by atoms with Gasteiger partial charge in [-0.05, 0) is 48.5 Å². The van der Waals surface area contributed by atoms with Crippen LogP contribution in [0.15, 0.2) is 88.6 Å². The van der Waals surface area contributed by atoms with Crippen LogP contribution < -0.4 is 11.5 Å². The minimum atomic E-state index is -5.19. The molecule has 3 aromatic carbocycles. The van der Waals surface area contributed by atoms with E-state index in [1.54, 1.807) is 0 Å². The maximum Gasteiger partial charge on any atom is 0.397 e. The maximum atomic E-state index is 12.6. The fourth-order valence-corrected chi connectivity index (χ4v) is 7.95. The van der Waals surface area contributed by atoms with E-state index in [0.717, 1.165) is 36.4 Å². The Kier molecular flexibility index (Phi) is 13.9. The maximum absolute atomic E-state index is 12.6. The molecule has 0 fully saturated rings. The van der Waals surface area contributed by atoms with E-state index in [9.17, 15) is 51.2 Å². The molecule has 286 valence electrons. The molecule has 0 amide bonds. The Hall–Kier alpha value is -3.76. The first-order valence-electron chi connectivity index (χ1n) is 13.0. The van der Waals surface area contributed by atoms with Gasteiger partial charge in [-0.1, -0.05) is 5.04 Å². The molecular weight excluding hydrogens is 829 g/mol. The Morgan fingerprint density at radius 2 is 1.19 bits per heavy atom. The highest BCUT2D eigenvalue weighted by molar-refractivity contribution is 7.92. The average molecular weight is 853 g/mol. The third-order valence-corrected chi connectivity index (χ3v) is 12.0. The quantitative estimate of drug-likeness (QED) is 0.0204. The number of rotatable bonds is 18. The smallest absolute Gasteiger partial charge is 0.396 e. The minimum absolute atomic E-state index is 0.0713. The second-order valence-electron chi connectivity index (χ2n) is 9.46.